The zero-order valence-corrected chi connectivity index (χ0v) is 11.9. The zero-order chi connectivity index (χ0) is 15.2. The molecular formula is C14H14ClN3O3. The van der Waals surface area contributed by atoms with Gasteiger partial charge in [0.2, 0.25) is 5.91 Å². The molecule has 110 valence electrons. The Morgan fingerprint density at radius 3 is 2.86 bits per heavy atom. The number of halogens is 1. The lowest BCUT2D eigenvalue weighted by Gasteiger charge is -2.08. The molecule has 2 amide bonds. The van der Waals surface area contributed by atoms with Gasteiger partial charge in [-0.2, -0.15) is 0 Å². The quantitative estimate of drug-likeness (QED) is 0.617. The fraction of sp³-hybridized carbons (Fsp3) is 0.214. The summed E-state index contributed by atoms with van der Waals surface area (Å²) in [5, 5.41) is 3.66. The third kappa shape index (κ3) is 4.14. The van der Waals surface area contributed by atoms with Crippen LogP contribution in [0.3, 0.4) is 0 Å². The third-order valence-electron chi connectivity index (χ3n) is 2.71. The van der Waals surface area contributed by atoms with Gasteiger partial charge in [0.1, 0.15) is 11.8 Å². The van der Waals surface area contributed by atoms with E-state index in [1.807, 2.05) is 12.1 Å². The molecule has 0 radical (unpaired) electrons. The maximum atomic E-state index is 12.2. The number of hydrogen-bond acceptors (Lipinski definition) is 4. The second-order valence-electron chi connectivity index (χ2n) is 4.28. The number of rotatable bonds is 6. The van der Waals surface area contributed by atoms with Crippen molar-refractivity contribution in [2.24, 2.45) is 5.73 Å². The van der Waals surface area contributed by atoms with E-state index in [9.17, 15) is 9.59 Å². The molecule has 0 atom stereocenters. The van der Waals surface area contributed by atoms with Crippen LogP contribution in [0.15, 0.2) is 30.3 Å². The fourth-order valence-corrected chi connectivity index (χ4v) is 2.04. The lowest BCUT2D eigenvalue weighted by atomic mass is 10.1. The number of nitrogens with two attached hydrogens (primary N) is 1. The molecule has 0 spiro atoms. The van der Waals surface area contributed by atoms with Crippen LogP contribution in [-0.2, 0) is 9.53 Å². The first-order chi connectivity index (χ1) is 10.1. The minimum atomic E-state index is -0.548. The van der Waals surface area contributed by atoms with E-state index in [2.05, 4.69) is 10.3 Å². The second kappa shape index (κ2) is 7.01. The van der Waals surface area contributed by atoms with Gasteiger partial charge in [-0.05, 0) is 12.1 Å². The number of fused-ring (bicyclic) bond motifs is 1. The molecule has 0 aliphatic heterocycles. The number of nitrogens with zero attached hydrogens (tertiary/aromatic N) is 1. The predicted molar refractivity (Wildman–Crippen MR) is 79.1 cm³/mol. The van der Waals surface area contributed by atoms with Crippen LogP contribution in [-0.4, -0.2) is 36.6 Å². The van der Waals surface area contributed by atoms with Crippen molar-refractivity contribution in [3.8, 4) is 0 Å². The van der Waals surface area contributed by atoms with Crippen molar-refractivity contribution in [3.05, 3.63) is 41.0 Å². The van der Waals surface area contributed by atoms with Crippen LogP contribution in [0.5, 0.6) is 0 Å². The van der Waals surface area contributed by atoms with Crippen molar-refractivity contribution in [3.63, 3.8) is 0 Å². The average molecular weight is 308 g/mol. The molecule has 0 unspecified atom stereocenters. The second-order valence-corrected chi connectivity index (χ2v) is 4.67. The number of nitrogens with one attached hydrogen (secondary N) is 1. The van der Waals surface area contributed by atoms with E-state index in [0.29, 0.717) is 11.1 Å². The molecular weight excluding hydrogens is 294 g/mol. The molecule has 0 aliphatic carbocycles. The maximum Gasteiger partial charge on any atom is 0.252 e. The van der Waals surface area contributed by atoms with E-state index in [1.165, 1.54) is 6.07 Å². The highest BCUT2D eigenvalue weighted by molar-refractivity contribution is 6.30. The molecule has 1 aromatic heterocycles. The van der Waals surface area contributed by atoms with Crippen molar-refractivity contribution in [2.75, 3.05) is 19.8 Å². The van der Waals surface area contributed by atoms with Gasteiger partial charge in [-0.3, -0.25) is 9.59 Å². The number of ether oxygens (including phenoxy) is 1. The van der Waals surface area contributed by atoms with Crippen molar-refractivity contribution < 1.29 is 14.3 Å². The van der Waals surface area contributed by atoms with Crippen LogP contribution in [0.1, 0.15) is 10.4 Å². The number of aromatic nitrogens is 1. The molecule has 2 rings (SSSR count). The molecule has 0 saturated carbocycles. The average Bonchev–Trinajstić information content (AvgIpc) is 2.45. The number of pyridine rings is 1. The summed E-state index contributed by atoms with van der Waals surface area (Å²) in [6.07, 6.45) is 0. The van der Waals surface area contributed by atoms with Crippen molar-refractivity contribution in [1.82, 2.24) is 10.3 Å². The van der Waals surface area contributed by atoms with Crippen molar-refractivity contribution >= 4 is 34.3 Å². The highest BCUT2D eigenvalue weighted by Crippen LogP contribution is 2.20. The highest BCUT2D eigenvalue weighted by atomic mass is 35.5. The molecule has 0 aliphatic rings. The SMILES string of the molecule is NC(=O)COCCNC(=O)c1cc(Cl)nc2ccccc12. The first-order valence-electron chi connectivity index (χ1n) is 6.27. The number of amides is 2. The number of carbonyl (C=O) groups excluding carboxylic acids is 2. The molecule has 7 heteroatoms. The molecule has 2 aromatic rings. The van der Waals surface area contributed by atoms with Crippen LogP contribution in [0, 0.1) is 0 Å². The Kier molecular flexibility index (Phi) is 5.08. The fourth-order valence-electron chi connectivity index (χ4n) is 1.84. The Bertz CT molecular complexity index is 676. The van der Waals surface area contributed by atoms with Crippen LogP contribution >= 0.6 is 11.6 Å². The Labute approximate surface area is 126 Å². The minimum absolute atomic E-state index is 0.167. The van der Waals surface area contributed by atoms with Gasteiger partial charge >= 0.3 is 0 Å². The number of primary amides is 1. The summed E-state index contributed by atoms with van der Waals surface area (Å²) < 4.78 is 4.96. The Morgan fingerprint density at radius 1 is 1.33 bits per heavy atom. The molecule has 6 nitrogen and oxygen atoms in total. The maximum absolute atomic E-state index is 12.2. The van der Waals surface area contributed by atoms with Gasteiger partial charge in [-0.25, -0.2) is 4.98 Å². The lowest BCUT2D eigenvalue weighted by Crippen LogP contribution is -2.29. The number of carbonyl (C=O) groups is 2. The van der Waals surface area contributed by atoms with Crippen molar-refractivity contribution in [2.45, 2.75) is 0 Å². The number of benzene rings is 1. The Hall–Kier alpha value is -2.18. The van der Waals surface area contributed by atoms with Crippen LogP contribution in [0.2, 0.25) is 5.15 Å². The minimum Gasteiger partial charge on any atom is -0.370 e. The van der Waals surface area contributed by atoms with Crippen LogP contribution < -0.4 is 11.1 Å². The Balaban J connectivity index is 2.04. The number of hydrogen-bond donors (Lipinski definition) is 2. The summed E-state index contributed by atoms with van der Waals surface area (Å²) in [6.45, 7) is 0.297. The van der Waals surface area contributed by atoms with E-state index in [1.54, 1.807) is 12.1 Å². The Morgan fingerprint density at radius 2 is 2.10 bits per heavy atom. The van der Waals surface area contributed by atoms with Gasteiger partial charge in [-0.15, -0.1) is 0 Å². The topological polar surface area (TPSA) is 94.3 Å². The van der Waals surface area contributed by atoms with E-state index < -0.39 is 5.91 Å². The third-order valence-corrected chi connectivity index (χ3v) is 2.90. The van der Waals surface area contributed by atoms with Crippen LogP contribution in [0.4, 0.5) is 0 Å². The molecule has 0 saturated heterocycles. The van der Waals surface area contributed by atoms with E-state index in [-0.39, 0.29) is 30.8 Å². The van der Waals surface area contributed by atoms with Gasteiger partial charge in [0, 0.05) is 11.9 Å². The van der Waals surface area contributed by atoms with Crippen molar-refractivity contribution in [1.29, 1.82) is 0 Å². The lowest BCUT2D eigenvalue weighted by molar-refractivity contribution is -0.122. The first-order valence-corrected chi connectivity index (χ1v) is 6.65. The number of para-hydroxylation sites is 1. The smallest absolute Gasteiger partial charge is 0.252 e. The van der Waals surface area contributed by atoms with E-state index >= 15 is 0 Å². The summed E-state index contributed by atoms with van der Waals surface area (Å²) in [5.41, 5.74) is 6.03. The molecule has 21 heavy (non-hydrogen) atoms. The summed E-state index contributed by atoms with van der Waals surface area (Å²) in [4.78, 5) is 26.8. The van der Waals surface area contributed by atoms with Gasteiger partial charge < -0.3 is 15.8 Å². The standard InChI is InChI=1S/C14H14ClN3O3/c15-12-7-10(9-3-1-2-4-11(9)18-12)14(20)17-5-6-21-8-13(16)19/h1-4,7H,5-6,8H2,(H2,16,19)(H,17,20). The predicted octanol–water partition coefficient (Wildman–Crippen LogP) is 1.12. The zero-order valence-electron chi connectivity index (χ0n) is 11.1. The van der Waals surface area contributed by atoms with Crippen LogP contribution in [0.25, 0.3) is 10.9 Å². The highest BCUT2D eigenvalue weighted by Gasteiger charge is 2.11. The monoisotopic (exact) mass is 307 g/mol. The van der Waals surface area contributed by atoms with Gasteiger partial charge in [0.05, 0.1) is 17.7 Å². The normalized spacial score (nSPS) is 10.5. The van der Waals surface area contributed by atoms with E-state index in [0.717, 1.165) is 5.39 Å². The molecule has 1 heterocycles. The summed E-state index contributed by atoms with van der Waals surface area (Å²) in [7, 11) is 0. The van der Waals surface area contributed by atoms with E-state index in [4.69, 9.17) is 22.1 Å². The molecule has 0 bridgehead atoms. The summed E-state index contributed by atoms with van der Waals surface area (Å²) in [5.74, 6) is -0.827. The molecule has 3 N–H and O–H groups in total. The summed E-state index contributed by atoms with van der Waals surface area (Å²) in [6, 6.07) is 8.75. The van der Waals surface area contributed by atoms with Gasteiger partial charge in [0.25, 0.3) is 5.91 Å². The van der Waals surface area contributed by atoms with Gasteiger partial charge in [0.15, 0.2) is 0 Å². The summed E-state index contributed by atoms with van der Waals surface area (Å²) >= 11 is 5.92. The molecule has 0 fully saturated rings. The first kappa shape index (κ1) is 15.2. The largest absolute Gasteiger partial charge is 0.370 e. The van der Waals surface area contributed by atoms with Gasteiger partial charge in [-0.1, -0.05) is 29.8 Å². The molecule has 1 aromatic carbocycles.